The molecule has 16 heavy (non-hydrogen) atoms. The van der Waals surface area contributed by atoms with Gasteiger partial charge in [-0.05, 0) is 24.5 Å². The lowest BCUT2D eigenvalue weighted by Gasteiger charge is -2.14. The number of aromatic nitrogens is 2. The van der Waals surface area contributed by atoms with Crippen molar-refractivity contribution in [1.29, 1.82) is 0 Å². The van der Waals surface area contributed by atoms with Crippen molar-refractivity contribution in [2.45, 2.75) is 19.4 Å². The molecule has 0 fully saturated rings. The fraction of sp³-hybridized carbons (Fsp3) is 0.727. The van der Waals surface area contributed by atoms with Gasteiger partial charge in [0.05, 0.1) is 18.8 Å². The van der Waals surface area contributed by atoms with Crippen LogP contribution >= 0.6 is 11.8 Å². The van der Waals surface area contributed by atoms with Crippen LogP contribution in [0, 0.1) is 0 Å². The van der Waals surface area contributed by atoms with Crippen molar-refractivity contribution < 1.29 is 5.11 Å². The van der Waals surface area contributed by atoms with Gasteiger partial charge in [0.25, 0.3) is 0 Å². The standard InChI is InChI=1S/C11H21N3OS/c1-3-16-6-4-5-12-11(9-15)10-7-13-14(2)8-10/h7-8,11-12,15H,3-6,9H2,1-2H3. The number of aryl methyl sites for hydroxylation is 1. The average Bonchev–Trinajstić information content (AvgIpc) is 2.70. The highest BCUT2D eigenvalue weighted by Gasteiger charge is 2.10. The Balaban J connectivity index is 2.27. The second-order valence-corrected chi connectivity index (χ2v) is 5.08. The van der Waals surface area contributed by atoms with E-state index in [0.717, 1.165) is 18.5 Å². The highest BCUT2D eigenvalue weighted by Crippen LogP contribution is 2.10. The van der Waals surface area contributed by atoms with Gasteiger partial charge < -0.3 is 10.4 Å². The zero-order valence-electron chi connectivity index (χ0n) is 10.0. The van der Waals surface area contributed by atoms with Gasteiger partial charge in [0.1, 0.15) is 0 Å². The third-order valence-corrected chi connectivity index (χ3v) is 3.36. The first-order valence-electron chi connectivity index (χ1n) is 5.68. The van der Waals surface area contributed by atoms with Crippen LogP contribution in [0.4, 0.5) is 0 Å². The minimum atomic E-state index is 0.0142. The summed E-state index contributed by atoms with van der Waals surface area (Å²) in [7, 11) is 1.88. The summed E-state index contributed by atoms with van der Waals surface area (Å²) < 4.78 is 1.76. The maximum atomic E-state index is 9.29. The lowest BCUT2D eigenvalue weighted by atomic mass is 10.2. The highest BCUT2D eigenvalue weighted by atomic mass is 32.2. The smallest absolute Gasteiger partial charge is 0.0627 e. The third kappa shape index (κ3) is 4.55. The van der Waals surface area contributed by atoms with Gasteiger partial charge in [-0.2, -0.15) is 16.9 Å². The number of hydrogen-bond donors (Lipinski definition) is 2. The van der Waals surface area contributed by atoms with Crippen LogP contribution in [0.25, 0.3) is 0 Å². The molecule has 4 nitrogen and oxygen atoms in total. The van der Waals surface area contributed by atoms with Crippen molar-refractivity contribution in [3.63, 3.8) is 0 Å². The monoisotopic (exact) mass is 243 g/mol. The summed E-state index contributed by atoms with van der Waals surface area (Å²) in [6, 6.07) is 0.0142. The summed E-state index contributed by atoms with van der Waals surface area (Å²) in [5.74, 6) is 2.35. The Morgan fingerprint density at radius 1 is 1.62 bits per heavy atom. The molecule has 0 aliphatic heterocycles. The minimum absolute atomic E-state index is 0.0142. The van der Waals surface area contributed by atoms with E-state index in [4.69, 9.17) is 0 Å². The van der Waals surface area contributed by atoms with Crippen molar-refractivity contribution in [3.05, 3.63) is 18.0 Å². The van der Waals surface area contributed by atoms with Gasteiger partial charge >= 0.3 is 0 Å². The van der Waals surface area contributed by atoms with Gasteiger partial charge in [0, 0.05) is 18.8 Å². The molecule has 0 saturated heterocycles. The zero-order valence-corrected chi connectivity index (χ0v) is 10.8. The van der Waals surface area contributed by atoms with Crippen molar-refractivity contribution in [2.24, 2.45) is 7.05 Å². The number of nitrogens with zero attached hydrogens (tertiary/aromatic N) is 2. The first kappa shape index (κ1) is 13.5. The second-order valence-electron chi connectivity index (χ2n) is 3.69. The first-order valence-corrected chi connectivity index (χ1v) is 6.84. The van der Waals surface area contributed by atoms with E-state index in [1.54, 1.807) is 10.9 Å². The Bertz CT molecular complexity index is 291. The Morgan fingerprint density at radius 2 is 2.44 bits per heavy atom. The molecule has 5 heteroatoms. The fourth-order valence-corrected chi connectivity index (χ4v) is 2.14. The summed E-state index contributed by atoms with van der Waals surface area (Å²) in [6.45, 7) is 3.23. The van der Waals surface area contributed by atoms with E-state index in [1.807, 2.05) is 25.0 Å². The quantitative estimate of drug-likeness (QED) is 0.673. The maximum Gasteiger partial charge on any atom is 0.0627 e. The molecule has 1 unspecified atom stereocenters. The number of aliphatic hydroxyl groups is 1. The summed E-state index contributed by atoms with van der Waals surface area (Å²) in [5.41, 5.74) is 1.05. The van der Waals surface area contributed by atoms with Crippen LogP contribution in [0.1, 0.15) is 24.9 Å². The molecule has 0 aliphatic rings. The molecule has 1 atom stereocenters. The van der Waals surface area contributed by atoms with E-state index in [-0.39, 0.29) is 12.6 Å². The van der Waals surface area contributed by atoms with Crippen LogP contribution in [0.5, 0.6) is 0 Å². The molecule has 0 bridgehead atoms. The van der Waals surface area contributed by atoms with Gasteiger partial charge in [-0.1, -0.05) is 6.92 Å². The second kappa shape index (κ2) is 7.70. The molecule has 0 radical (unpaired) electrons. The van der Waals surface area contributed by atoms with Crippen molar-refractivity contribution in [3.8, 4) is 0 Å². The molecule has 1 aromatic heterocycles. The molecule has 2 N–H and O–H groups in total. The molecule has 1 aromatic rings. The van der Waals surface area contributed by atoms with E-state index < -0.39 is 0 Å². The number of thioether (sulfide) groups is 1. The number of rotatable bonds is 8. The summed E-state index contributed by atoms with van der Waals surface area (Å²) in [4.78, 5) is 0. The summed E-state index contributed by atoms with van der Waals surface area (Å²) in [6.07, 6.45) is 4.87. The van der Waals surface area contributed by atoms with Gasteiger partial charge in [-0.15, -0.1) is 0 Å². The van der Waals surface area contributed by atoms with E-state index in [1.165, 1.54) is 11.5 Å². The van der Waals surface area contributed by atoms with Crippen molar-refractivity contribution in [1.82, 2.24) is 15.1 Å². The van der Waals surface area contributed by atoms with Gasteiger partial charge in [-0.3, -0.25) is 4.68 Å². The predicted molar refractivity (Wildman–Crippen MR) is 68.7 cm³/mol. The molecule has 0 aliphatic carbocycles. The molecule has 1 heterocycles. The maximum absolute atomic E-state index is 9.29. The van der Waals surface area contributed by atoms with E-state index in [0.29, 0.717) is 0 Å². The molecule has 0 amide bonds. The van der Waals surface area contributed by atoms with E-state index >= 15 is 0 Å². The molecule has 1 rings (SSSR count). The van der Waals surface area contributed by atoms with Gasteiger partial charge in [0.2, 0.25) is 0 Å². The van der Waals surface area contributed by atoms with Gasteiger partial charge in [-0.25, -0.2) is 0 Å². The van der Waals surface area contributed by atoms with Crippen LogP contribution in [0.2, 0.25) is 0 Å². The number of aliphatic hydroxyl groups excluding tert-OH is 1. The van der Waals surface area contributed by atoms with Gasteiger partial charge in [0.15, 0.2) is 0 Å². The lowest BCUT2D eigenvalue weighted by Crippen LogP contribution is -2.25. The van der Waals surface area contributed by atoms with Crippen LogP contribution in [-0.2, 0) is 7.05 Å². The van der Waals surface area contributed by atoms with E-state index in [2.05, 4.69) is 17.3 Å². The zero-order chi connectivity index (χ0) is 11.8. The van der Waals surface area contributed by atoms with Crippen LogP contribution in [0.15, 0.2) is 12.4 Å². The predicted octanol–water partition coefficient (Wildman–Crippen LogP) is 1.19. The molecule has 0 saturated carbocycles. The fourth-order valence-electron chi connectivity index (χ4n) is 1.50. The van der Waals surface area contributed by atoms with Crippen molar-refractivity contribution in [2.75, 3.05) is 24.7 Å². The van der Waals surface area contributed by atoms with E-state index in [9.17, 15) is 5.11 Å². The van der Waals surface area contributed by atoms with Crippen molar-refractivity contribution >= 4 is 11.8 Å². The molecule has 0 spiro atoms. The minimum Gasteiger partial charge on any atom is -0.394 e. The average molecular weight is 243 g/mol. The number of hydrogen-bond acceptors (Lipinski definition) is 4. The Labute approximate surface area is 101 Å². The van der Waals surface area contributed by atoms with Crippen LogP contribution < -0.4 is 5.32 Å². The summed E-state index contributed by atoms with van der Waals surface area (Å²) >= 11 is 1.95. The topological polar surface area (TPSA) is 50.1 Å². The molecule has 0 aromatic carbocycles. The molecular weight excluding hydrogens is 222 g/mol. The Morgan fingerprint density at radius 3 is 3.00 bits per heavy atom. The Hall–Kier alpha value is -0.520. The molecular formula is C11H21N3OS. The first-order chi connectivity index (χ1) is 7.77. The number of nitrogens with one attached hydrogen (secondary N) is 1. The summed E-state index contributed by atoms with van der Waals surface area (Å²) in [5, 5.41) is 16.7. The molecule has 92 valence electrons. The lowest BCUT2D eigenvalue weighted by molar-refractivity contribution is 0.245. The largest absolute Gasteiger partial charge is 0.394 e. The third-order valence-electron chi connectivity index (χ3n) is 2.37. The van der Waals surface area contributed by atoms with Crippen LogP contribution in [0.3, 0.4) is 0 Å². The van der Waals surface area contributed by atoms with Crippen LogP contribution in [-0.4, -0.2) is 39.5 Å². The normalized spacial score (nSPS) is 12.9. The Kier molecular flexibility index (Phi) is 6.52. The highest BCUT2D eigenvalue weighted by molar-refractivity contribution is 7.99. The SMILES string of the molecule is CCSCCCNC(CO)c1cnn(C)c1.